The fourth-order valence-corrected chi connectivity index (χ4v) is 5.38. The number of piperidine rings is 1. The second kappa shape index (κ2) is 12.3. The molecule has 4 heterocycles. The van der Waals surface area contributed by atoms with Crippen LogP contribution in [-0.4, -0.2) is 57.3 Å². The lowest BCUT2D eigenvalue weighted by Gasteiger charge is -2.40. The molecule has 1 saturated heterocycles. The third kappa shape index (κ3) is 7.33. The molecule has 0 aliphatic carbocycles. The Labute approximate surface area is 252 Å². The lowest BCUT2D eigenvalue weighted by atomic mass is 9.74. The summed E-state index contributed by atoms with van der Waals surface area (Å²) in [5.41, 5.74) is 1.32. The van der Waals surface area contributed by atoms with Crippen LogP contribution in [0.25, 0.3) is 0 Å². The lowest BCUT2D eigenvalue weighted by molar-refractivity contribution is 0.0169. The second-order valence-corrected chi connectivity index (χ2v) is 11.9. The van der Waals surface area contributed by atoms with Gasteiger partial charge in [0.2, 0.25) is 0 Å². The van der Waals surface area contributed by atoms with Crippen molar-refractivity contribution in [2.75, 3.05) is 24.5 Å². The van der Waals surface area contributed by atoms with E-state index < -0.39 is 16.3 Å². The molecule has 0 N–H and O–H groups in total. The molecule has 0 radical (unpaired) electrons. The number of amides is 2. The van der Waals surface area contributed by atoms with Gasteiger partial charge in [0.25, 0.3) is 11.1 Å². The first-order valence-electron chi connectivity index (χ1n) is 12.8. The molecule has 1 spiro atoms. The van der Waals surface area contributed by atoms with Gasteiger partial charge in [-0.1, -0.05) is 23.2 Å². The van der Waals surface area contributed by atoms with Crippen molar-refractivity contribution in [3.8, 4) is 0 Å². The molecule has 0 unspecified atom stereocenters. The number of fused-ring (bicyclic) bond motifs is 2. The molecule has 2 aromatic heterocycles. The molecule has 0 atom stereocenters. The largest absolute Gasteiger partial charge is 0.444 e. The van der Waals surface area contributed by atoms with Crippen LogP contribution in [0, 0.1) is 5.82 Å². The summed E-state index contributed by atoms with van der Waals surface area (Å²) in [7, 11) is 0. The van der Waals surface area contributed by atoms with Crippen LogP contribution in [0.3, 0.4) is 0 Å². The number of likely N-dealkylation sites (tertiary alicyclic amines) is 1. The Hall–Kier alpha value is -3.27. The first-order valence-corrected chi connectivity index (χ1v) is 13.9. The number of rotatable bonds is 2. The number of pyridine rings is 2. The predicted molar refractivity (Wildman–Crippen MR) is 155 cm³/mol. The molecule has 2 aliphatic heterocycles. The van der Waals surface area contributed by atoms with E-state index >= 15 is 0 Å². The second-order valence-electron chi connectivity index (χ2n) is 10.8. The van der Waals surface area contributed by atoms with Gasteiger partial charge in [-0.2, -0.15) is 0 Å². The molecule has 0 saturated carbocycles. The van der Waals surface area contributed by atoms with Gasteiger partial charge in [-0.25, -0.2) is 19.2 Å². The van der Waals surface area contributed by atoms with E-state index in [2.05, 4.69) is 9.97 Å². The molecule has 216 valence electrons. The highest BCUT2D eigenvalue weighted by Gasteiger charge is 2.47. The fourth-order valence-electron chi connectivity index (χ4n) is 4.91. The van der Waals surface area contributed by atoms with Gasteiger partial charge in [-0.05, 0) is 93.2 Å². The Morgan fingerprint density at radius 3 is 2.05 bits per heavy atom. The first kappa shape index (κ1) is 30.7. The third-order valence-electron chi connectivity index (χ3n) is 6.83. The van der Waals surface area contributed by atoms with Crippen molar-refractivity contribution >= 4 is 57.7 Å². The molecule has 2 aliphatic rings. The van der Waals surface area contributed by atoms with E-state index in [1.807, 2.05) is 20.8 Å². The molecule has 3 aromatic rings. The Balaban J connectivity index is 0.000000328. The Bertz CT molecular complexity index is 1470. The zero-order chi connectivity index (χ0) is 29.9. The standard InChI is InChI=1S/C23H25ClFN3O3.C6H3Cl2NO/c1-22(2,3)31-21(30)27-10-7-23(8-11-27)14-28(18-5-4-16(25)13-17(18)23)20(29)15-6-9-26-19(24)12-15;7-5-3-4(6(8)10)1-2-9-5/h4-6,9,12-13H,7-8,10-11,14H2,1-3H3;1-3H. The highest BCUT2D eigenvalue weighted by molar-refractivity contribution is 6.67. The molecule has 2 amide bonds. The van der Waals surface area contributed by atoms with Gasteiger partial charge >= 0.3 is 6.09 Å². The van der Waals surface area contributed by atoms with Crippen molar-refractivity contribution < 1.29 is 23.5 Å². The molecule has 12 heteroatoms. The smallest absolute Gasteiger partial charge is 0.410 e. The fraction of sp³-hybridized carbons (Fsp3) is 0.345. The molecule has 8 nitrogen and oxygen atoms in total. The Kier molecular flexibility index (Phi) is 9.21. The van der Waals surface area contributed by atoms with Crippen molar-refractivity contribution in [3.05, 3.63) is 87.7 Å². The van der Waals surface area contributed by atoms with Crippen molar-refractivity contribution in [2.24, 2.45) is 0 Å². The first-order chi connectivity index (χ1) is 19.3. The minimum atomic E-state index is -0.565. The topological polar surface area (TPSA) is 92.7 Å². The maximum atomic E-state index is 14.2. The summed E-state index contributed by atoms with van der Waals surface area (Å²) in [4.78, 5) is 47.2. The van der Waals surface area contributed by atoms with Gasteiger partial charge in [0.1, 0.15) is 21.7 Å². The summed E-state index contributed by atoms with van der Waals surface area (Å²) in [5.74, 6) is -0.544. The number of anilines is 1. The zero-order valence-corrected chi connectivity index (χ0v) is 24.9. The lowest BCUT2D eigenvalue weighted by Crippen LogP contribution is -2.49. The maximum absolute atomic E-state index is 14.2. The number of carbonyl (C=O) groups is 3. The Morgan fingerprint density at radius 1 is 0.927 bits per heavy atom. The van der Waals surface area contributed by atoms with Crippen LogP contribution in [0.15, 0.2) is 54.9 Å². The van der Waals surface area contributed by atoms with Crippen molar-refractivity contribution in [2.45, 2.75) is 44.6 Å². The molecule has 1 fully saturated rings. The van der Waals surface area contributed by atoms with Gasteiger partial charge in [0.05, 0.1) is 0 Å². The van der Waals surface area contributed by atoms with Crippen LogP contribution in [0.1, 0.15) is 59.9 Å². The average molecular weight is 622 g/mol. The van der Waals surface area contributed by atoms with Gasteiger partial charge in [-0.3, -0.25) is 9.59 Å². The number of nitrogens with zero attached hydrogens (tertiary/aromatic N) is 4. The molecule has 1 aromatic carbocycles. The van der Waals surface area contributed by atoms with Crippen molar-refractivity contribution in [1.82, 2.24) is 14.9 Å². The van der Waals surface area contributed by atoms with Gasteiger partial charge in [0.15, 0.2) is 0 Å². The number of carbonyl (C=O) groups excluding carboxylic acids is 3. The number of hydrogen-bond donors (Lipinski definition) is 0. The van der Waals surface area contributed by atoms with E-state index in [-0.39, 0.29) is 28.1 Å². The molecular formula is C29H28Cl3FN4O4. The summed E-state index contributed by atoms with van der Waals surface area (Å²) >= 11 is 16.6. The average Bonchev–Trinajstić information content (AvgIpc) is 3.21. The number of aromatic nitrogens is 2. The molecule has 5 rings (SSSR count). The number of benzene rings is 1. The summed E-state index contributed by atoms with van der Waals surface area (Å²) in [6, 6.07) is 10.6. The van der Waals surface area contributed by atoms with E-state index in [0.29, 0.717) is 49.3 Å². The molecular weight excluding hydrogens is 594 g/mol. The predicted octanol–water partition coefficient (Wildman–Crippen LogP) is 6.92. The van der Waals surface area contributed by atoms with Crippen LogP contribution in [0.4, 0.5) is 14.9 Å². The van der Waals surface area contributed by atoms with Crippen LogP contribution in [-0.2, 0) is 10.2 Å². The highest BCUT2D eigenvalue weighted by Crippen LogP contribution is 2.48. The maximum Gasteiger partial charge on any atom is 0.410 e. The van der Waals surface area contributed by atoms with Crippen molar-refractivity contribution in [1.29, 1.82) is 0 Å². The highest BCUT2D eigenvalue weighted by atomic mass is 35.5. The van der Waals surface area contributed by atoms with E-state index in [1.54, 1.807) is 21.9 Å². The SMILES string of the molecule is CC(C)(C)OC(=O)N1CCC2(CC1)CN(C(=O)c1ccnc(Cl)c1)c1ccc(F)cc12.O=C(Cl)c1ccnc(Cl)c1. The van der Waals surface area contributed by atoms with Crippen LogP contribution in [0.5, 0.6) is 0 Å². The van der Waals surface area contributed by atoms with E-state index in [0.717, 1.165) is 5.56 Å². The van der Waals surface area contributed by atoms with Crippen molar-refractivity contribution in [3.63, 3.8) is 0 Å². The number of hydrogen-bond acceptors (Lipinski definition) is 6. The number of ether oxygens (including phenoxy) is 1. The van der Waals surface area contributed by atoms with Gasteiger partial charge in [0, 0.05) is 54.3 Å². The van der Waals surface area contributed by atoms with Crippen LogP contribution in [0.2, 0.25) is 10.3 Å². The number of halogens is 4. The summed E-state index contributed by atoms with van der Waals surface area (Å²) in [6.07, 6.45) is 3.80. The third-order valence-corrected chi connectivity index (χ3v) is 7.46. The van der Waals surface area contributed by atoms with Gasteiger partial charge < -0.3 is 14.5 Å². The molecule has 41 heavy (non-hydrogen) atoms. The minimum absolute atomic E-state index is 0.205. The van der Waals surface area contributed by atoms with Crippen LogP contribution >= 0.6 is 34.8 Å². The Morgan fingerprint density at radius 2 is 1.51 bits per heavy atom. The summed E-state index contributed by atoms with van der Waals surface area (Å²) in [5, 5.41) is -0.0134. The van der Waals surface area contributed by atoms with E-state index in [1.165, 1.54) is 42.7 Å². The summed E-state index contributed by atoms with van der Waals surface area (Å²) < 4.78 is 19.7. The normalized spacial score (nSPS) is 15.6. The summed E-state index contributed by atoms with van der Waals surface area (Å²) in [6.45, 7) is 6.89. The van der Waals surface area contributed by atoms with E-state index in [4.69, 9.17) is 39.5 Å². The van der Waals surface area contributed by atoms with E-state index in [9.17, 15) is 18.8 Å². The van der Waals surface area contributed by atoms with Crippen LogP contribution < -0.4 is 4.90 Å². The minimum Gasteiger partial charge on any atom is -0.444 e. The zero-order valence-electron chi connectivity index (χ0n) is 22.7. The van der Waals surface area contributed by atoms with Gasteiger partial charge in [-0.15, -0.1) is 0 Å². The monoisotopic (exact) mass is 620 g/mol. The quantitative estimate of drug-likeness (QED) is 0.228. The molecule has 0 bridgehead atoms.